The highest BCUT2D eigenvalue weighted by atomic mass is 19.1. The number of carbonyl (C=O) groups is 1. The van der Waals surface area contributed by atoms with Gasteiger partial charge in [0.2, 0.25) is 0 Å². The maximum atomic E-state index is 12.9. The van der Waals surface area contributed by atoms with Gasteiger partial charge in [-0.3, -0.25) is 9.78 Å². The number of hydrogen-bond donors (Lipinski definition) is 2. The third-order valence-electron chi connectivity index (χ3n) is 2.17. The van der Waals surface area contributed by atoms with Crippen molar-refractivity contribution in [1.82, 2.24) is 4.98 Å². The van der Waals surface area contributed by atoms with Crippen molar-refractivity contribution in [3.8, 4) is 5.75 Å². The van der Waals surface area contributed by atoms with Crippen molar-refractivity contribution < 1.29 is 18.7 Å². The van der Waals surface area contributed by atoms with Crippen LogP contribution < -0.4 is 5.32 Å². The SMILES string of the molecule is O=C(Nc1cc(F)cc(F)c1)c1ccncc1O. The van der Waals surface area contributed by atoms with E-state index in [0.29, 0.717) is 6.07 Å². The molecule has 18 heavy (non-hydrogen) atoms. The molecule has 1 aromatic carbocycles. The van der Waals surface area contributed by atoms with E-state index in [-0.39, 0.29) is 17.0 Å². The molecular formula is C12H8F2N2O2. The summed E-state index contributed by atoms with van der Waals surface area (Å²) in [5.74, 6) is -2.60. The first-order valence-corrected chi connectivity index (χ1v) is 4.96. The fourth-order valence-electron chi connectivity index (χ4n) is 1.40. The first-order chi connectivity index (χ1) is 8.56. The third-order valence-corrected chi connectivity index (χ3v) is 2.17. The van der Waals surface area contributed by atoms with Gasteiger partial charge >= 0.3 is 0 Å². The molecule has 0 atom stereocenters. The van der Waals surface area contributed by atoms with Crippen molar-refractivity contribution in [2.75, 3.05) is 5.32 Å². The molecule has 2 aromatic rings. The van der Waals surface area contributed by atoms with E-state index in [0.717, 1.165) is 18.3 Å². The molecule has 1 amide bonds. The van der Waals surface area contributed by atoms with E-state index in [4.69, 9.17) is 0 Å². The predicted molar refractivity (Wildman–Crippen MR) is 60.2 cm³/mol. The van der Waals surface area contributed by atoms with Gasteiger partial charge in [0.25, 0.3) is 5.91 Å². The smallest absolute Gasteiger partial charge is 0.259 e. The molecule has 2 rings (SSSR count). The summed E-state index contributed by atoms with van der Waals surface area (Å²) < 4.78 is 25.8. The lowest BCUT2D eigenvalue weighted by Crippen LogP contribution is -2.12. The number of anilines is 1. The first kappa shape index (κ1) is 12.0. The molecule has 0 spiro atoms. The Balaban J connectivity index is 2.24. The zero-order chi connectivity index (χ0) is 13.1. The number of nitrogens with zero attached hydrogens (tertiary/aromatic N) is 1. The minimum absolute atomic E-state index is 0.0327. The molecule has 1 heterocycles. The quantitative estimate of drug-likeness (QED) is 0.859. The van der Waals surface area contributed by atoms with Crippen molar-refractivity contribution in [3.05, 3.63) is 53.9 Å². The highest BCUT2D eigenvalue weighted by Gasteiger charge is 2.11. The fraction of sp³-hybridized carbons (Fsp3) is 0. The Hall–Kier alpha value is -2.50. The normalized spacial score (nSPS) is 10.1. The molecule has 0 saturated carbocycles. The molecule has 0 aliphatic heterocycles. The van der Waals surface area contributed by atoms with Gasteiger partial charge in [0.1, 0.15) is 17.4 Å². The van der Waals surface area contributed by atoms with Crippen molar-refractivity contribution >= 4 is 11.6 Å². The molecule has 0 aliphatic carbocycles. The number of benzene rings is 1. The van der Waals surface area contributed by atoms with E-state index >= 15 is 0 Å². The zero-order valence-electron chi connectivity index (χ0n) is 9.02. The number of rotatable bonds is 2. The lowest BCUT2D eigenvalue weighted by Gasteiger charge is -2.06. The fourth-order valence-corrected chi connectivity index (χ4v) is 1.40. The molecule has 6 heteroatoms. The second-order valence-electron chi connectivity index (χ2n) is 3.51. The van der Waals surface area contributed by atoms with Crippen LogP contribution in [-0.2, 0) is 0 Å². The van der Waals surface area contributed by atoms with Crippen LogP contribution in [0.5, 0.6) is 5.75 Å². The Labute approximate surface area is 101 Å². The first-order valence-electron chi connectivity index (χ1n) is 4.96. The van der Waals surface area contributed by atoms with Gasteiger partial charge in [-0.1, -0.05) is 0 Å². The second-order valence-corrected chi connectivity index (χ2v) is 3.51. The van der Waals surface area contributed by atoms with Crippen molar-refractivity contribution in [3.63, 3.8) is 0 Å². The molecule has 0 radical (unpaired) electrons. The number of hydrogen-bond acceptors (Lipinski definition) is 3. The molecular weight excluding hydrogens is 242 g/mol. The molecule has 0 bridgehead atoms. The van der Waals surface area contributed by atoms with Crippen LogP contribution in [0.25, 0.3) is 0 Å². The average Bonchev–Trinajstić information content (AvgIpc) is 2.27. The second kappa shape index (κ2) is 4.79. The summed E-state index contributed by atoms with van der Waals surface area (Å²) in [5.41, 5.74) is -0.0663. The van der Waals surface area contributed by atoms with Crippen LogP contribution in [0.3, 0.4) is 0 Å². The summed E-state index contributed by atoms with van der Waals surface area (Å²) >= 11 is 0. The number of halogens is 2. The molecule has 1 aromatic heterocycles. The number of aromatic nitrogens is 1. The summed E-state index contributed by atoms with van der Waals surface area (Å²) in [4.78, 5) is 15.3. The highest BCUT2D eigenvalue weighted by Crippen LogP contribution is 2.18. The molecule has 4 nitrogen and oxygen atoms in total. The van der Waals surface area contributed by atoms with Gasteiger partial charge < -0.3 is 10.4 Å². The number of aromatic hydroxyl groups is 1. The van der Waals surface area contributed by atoms with Crippen LogP contribution in [-0.4, -0.2) is 16.0 Å². The zero-order valence-corrected chi connectivity index (χ0v) is 9.02. The summed E-state index contributed by atoms with van der Waals surface area (Å²) in [6.07, 6.45) is 2.42. The molecule has 0 saturated heterocycles. The van der Waals surface area contributed by atoms with Crippen LogP contribution in [0.15, 0.2) is 36.7 Å². The van der Waals surface area contributed by atoms with E-state index in [1.807, 2.05) is 0 Å². The maximum Gasteiger partial charge on any atom is 0.259 e. The Bertz CT molecular complexity index is 582. The van der Waals surface area contributed by atoms with Crippen molar-refractivity contribution in [2.24, 2.45) is 0 Å². The van der Waals surface area contributed by atoms with Gasteiger partial charge in [-0.15, -0.1) is 0 Å². The number of pyridine rings is 1. The van der Waals surface area contributed by atoms with E-state index in [9.17, 15) is 18.7 Å². The summed E-state index contributed by atoms with van der Waals surface area (Å²) in [5, 5.41) is 11.7. The van der Waals surface area contributed by atoms with E-state index in [1.165, 1.54) is 12.3 Å². The molecule has 2 N–H and O–H groups in total. The van der Waals surface area contributed by atoms with Crippen LogP contribution in [0.2, 0.25) is 0 Å². The number of carbonyl (C=O) groups excluding carboxylic acids is 1. The van der Waals surface area contributed by atoms with Gasteiger partial charge in [-0.25, -0.2) is 8.78 Å². The molecule has 92 valence electrons. The van der Waals surface area contributed by atoms with Crippen LogP contribution >= 0.6 is 0 Å². The van der Waals surface area contributed by atoms with Crippen LogP contribution in [0.4, 0.5) is 14.5 Å². The largest absolute Gasteiger partial charge is 0.505 e. The van der Waals surface area contributed by atoms with E-state index < -0.39 is 17.5 Å². The van der Waals surface area contributed by atoms with Crippen LogP contribution in [0.1, 0.15) is 10.4 Å². The lowest BCUT2D eigenvalue weighted by atomic mass is 10.2. The van der Waals surface area contributed by atoms with Gasteiger partial charge in [0, 0.05) is 18.0 Å². The molecule has 0 unspecified atom stereocenters. The van der Waals surface area contributed by atoms with E-state index in [1.54, 1.807) is 0 Å². The Morgan fingerprint density at radius 1 is 1.22 bits per heavy atom. The van der Waals surface area contributed by atoms with E-state index in [2.05, 4.69) is 10.3 Å². The number of nitrogens with one attached hydrogen (secondary N) is 1. The van der Waals surface area contributed by atoms with Gasteiger partial charge in [0.05, 0.1) is 11.8 Å². The monoisotopic (exact) mass is 250 g/mol. The van der Waals surface area contributed by atoms with Gasteiger partial charge in [-0.2, -0.15) is 0 Å². The maximum absolute atomic E-state index is 12.9. The van der Waals surface area contributed by atoms with Gasteiger partial charge in [0.15, 0.2) is 0 Å². The predicted octanol–water partition coefficient (Wildman–Crippen LogP) is 2.32. The summed E-state index contributed by atoms with van der Waals surface area (Å²) in [6, 6.07) is 3.93. The molecule has 0 fully saturated rings. The standard InChI is InChI=1S/C12H8F2N2O2/c13-7-3-8(14)5-9(4-7)16-12(18)10-1-2-15-6-11(10)17/h1-6,17H,(H,16,18). The average molecular weight is 250 g/mol. The minimum atomic E-state index is -0.802. The van der Waals surface area contributed by atoms with Crippen molar-refractivity contribution in [1.29, 1.82) is 0 Å². The Kier molecular flexibility index (Phi) is 3.18. The number of amides is 1. The third kappa shape index (κ3) is 2.60. The lowest BCUT2D eigenvalue weighted by molar-refractivity contribution is 0.102. The highest BCUT2D eigenvalue weighted by molar-refractivity contribution is 6.05. The van der Waals surface area contributed by atoms with Crippen LogP contribution in [0, 0.1) is 11.6 Å². The van der Waals surface area contributed by atoms with Crippen molar-refractivity contribution in [2.45, 2.75) is 0 Å². The minimum Gasteiger partial charge on any atom is -0.505 e. The topological polar surface area (TPSA) is 62.2 Å². The Morgan fingerprint density at radius 2 is 1.89 bits per heavy atom. The summed E-state index contributed by atoms with van der Waals surface area (Å²) in [6.45, 7) is 0. The molecule has 0 aliphatic rings. The summed E-state index contributed by atoms with van der Waals surface area (Å²) in [7, 11) is 0. The Morgan fingerprint density at radius 3 is 2.50 bits per heavy atom. The van der Waals surface area contributed by atoms with Gasteiger partial charge in [-0.05, 0) is 18.2 Å².